The van der Waals surface area contributed by atoms with Crippen LogP contribution >= 0.6 is 0 Å². The third-order valence-corrected chi connectivity index (χ3v) is 3.00. The molecule has 2 heteroatoms. The van der Waals surface area contributed by atoms with Gasteiger partial charge in [-0.25, -0.2) is 0 Å². The summed E-state index contributed by atoms with van der Waals surface area (Å²) in [7, 11) is 0. The summed E-state index contributed by atoms with van der Waals surface area (Å²) in [5.41, 5.74) is 0. The molecular formula is C11H21NO. The van der Waals surface area contributed by atoms with E-state index in [0.29, 0.717) is 11.8 Å². The first-order chi connectivity index (χ1) is 6.15. The van der Waals surface area contributed by atoms with Gasteiger partial charge in [0.15, 0.2) is 0 Å². The lowest BCUT2D eigenvalue weighted by Gasteiger charge is -2.32. The largest absolute Gasteiger partial charge is 0.342 e. The van der Waals surface area contributed by atoms with Crippen LogP contribution in [0, 0.1) is 11.8 Å². The maximum Gasteiger partial charge on any atom is 0.225 e. The summed E-state index contributed by atoms with van der Waals surface area (Å²) >= 11 is 0. The van der Waals surface area contributed by atoms with Crippen LogP contribution in [0.1, 0.15) is 40.0 Å². The summed E-state index contributed by atoms with van der Waals surface area (Å²) in [6, 6.07) is 0. The number of hydrogen-bond acceptors (Lipinski definition) is 1. The zero-order valence-corrected chi connectivity index (χ0v) is 9.05. The molecule has 0 spiro atoms. The Kier molecular flexibility index (Phi) is 3.76. The summed E-state index contributed by atoms with van der Waals surface area (Å²) in [5.74, 6) is 1.26. The van der Waals surface area contributed by atoms with Gasteiger partial charge in [0.2, 0.25) is 5.91 Å². The molecule has 0 N–H and O–H groups in total. The number of carbonyl (C=O) groups is 1. The van der Waals surface area contributed by atoms with Crippen LogP contribution in [0.3, 0.4) is 0 Å². The molecule has 2 nitrogen and oxygen atoms in total. The molecular weight excluding hydrogens is 162 g/mol. The summed E-state index contributed by atoms with van der Waals surface area (Å²) in [4.78, 5) is 13.8. The minimum absolute atomic E-state index is 0.213. The first-order valence-electron chi connectivity index (χ1n) is 5.44. The Morgan fingerprint density at radius 3 is 2.85 bits per heavy atom. The first kappa shape index (κ1) is 10.6. The molecule has 13 heavy (non-hydrogen) atoms. The fraction of sp³-hybridized carbons (Fsp3) is 0.909. The van der Waals surface area contributed by atoms with Gasteiger partial charge in [-0.1, -0.05) is 20.8 Å². The molecule has 0 aromatic heterocycles. The van der Waals surface area contributed by atoms with Crippen molar-refractivity contribution in [3.63, 3.8) is 0 Å². The van der Waals surface area contributed by atoms with Crippen molar-refractivity contribution < 1.29 is 4.79 Å². The lowest BCUT2D eigenvalue weighted by molar-refractivity contribution is -0.136. The SMILES string of the molecule is CCC(C)C(=O)N1CCC[C@@H](C)C1. The maximum absolute atomic E-state index is 11.8. The van der Waals surface area contributed by atoms with Gasteiger partial charge in [0.1, 0.15) is 0 Å². The van der Waals surface area contributed by atoms with E-state index in [9.17, 15) is 4.79 Å². The Morgan fingerprint density at radius 1 is 1.62 bits per heavy atom. The fourth-order valence-corrected chi connectivity index (χ4v) is 1.88. The van der Waals surface area contributed by atoms with E-state index >= 15 is 0 Å². The van der Waals surface area contributed by atoms with Crippen molar-refractivity contribution in [1.29, 1.82) is 0 Å². The quantitative estimate of drug-likeness (QED) is 0.643. The summed E-state index contributed by atoms with van der Waals surface area (Å²) < 4.78 is 0. The van der Waals surface area contributed by atoms with Crippen LogP contribution in [0.15, 0.2) is 0 Å². The molecule has 1 fully saturated rings. The van der Waals surface area contributed by atoms with Gasteiger partial charge in [-0.2, -0.15) is 0 Å². The number of likely N-dealkylation sites (tertiary alicyclic amines) is 1. The lowest BCUT2D eigenvalue weighted by atomic mass is 9.98. The highest BCUT2D eigenvalue weighted by molar-refractivity contribution is 5.78. The van der Waals surface area contributed by atoms with Crippen molar-refractivity contribution in [2.75, 3.05) is 13.1 Å². The second-order valence-corrected chi connectivity index (χ2v) is 4.34. The Morgan fingerprint density at radius 2 is 2.31 bits per heavy atom. The molecule has 1 saturated heterocycles. The van der Waals surface area contributed by atoms with Gasteiger partial charge in [0.05, 0.1) is 0 Å². The van der Waals surface area contributed by atoms with Gasteiger partial charge in [-0.3, -0.25) is 4.79 Å². The standard InChI is InChI=1S/C11H21NO/c1-4-10(3)11(13)12-7-5-6-9(2)8-12/h9-10H,4-8H2,1-3H3/t9-,10?/m1/s1. The van der Waals surface area contributed by atoms with E-state index in [1.807, 2.05) is 11.8 Å². The van der Waals surface area contributed by atoms with Crippen LogP contribution in [0.5, 0.6) is 0 Å². The highest BCUT2D eigenvalue weighted by Crippen LogP contribution is 2.18. The van der Waals surface area contributed by atoms with Crippen LogP contribution in [-0.2, 0) is 4.79 Å². The molecule has 0 saturated carbocycles. The summed E-state index contributed by atoms with van der Waals surface area (Å²) in [5, 5.41) is 0. The van der Waals surface area contributed by atoms with Crippen LogP contribution < -0.4 is 0 Å². The number of nitrogens with zero attached hydrogens (tertiary/aromatic N) is 1. The molecule has 76 valence electrons. The van der Waals surface area contributed by atoms with Crippen molar-refractivity contribution in [2.24, 2.45) is 11.8 Å². The molecule has 0 aromatic rings. The van der Waals surface area contributed by atoms with Gasteiger partial charge < -0.3 is 4.90 Å². The van der Waals surface area contributed by atoms with E-state index < -0.39 is 0 Å². The number of rotatable bonds is 2. The number of amides is 1. The van der Waals surface area contributed by atoms with Crippen LogP contribution in [0.25, 0.3) is 0 Å². The maximum atomic E-state index is 11.8. The van der Waals surface area contributed by atoms with E-state index in [0.717, 1.165) is 19.5 Å². The van der Waals surface area contributed by atoms with Crippen LogP contribution in [0.4, 0.5) is 0 Å². The molecule has 1 aliphatic rings. The average molecular weight is 183 g/mol. The van der Waals surface area contributed by atoms with Crippen molar-refractivity contribution >= 4 is 5.91 Å². The smallest absolute Gasteiger partial charge is 0.225 e. The Hall–Kier alpha value is -0.530. The van der Waals surface area contributed by atoms with E-state index in [2.05, 4.69) is 13.8 Å². The highest BCUT2D eigenvalue weighted by atomic mass is 16.2. The minimum atomic E-state index is 0.213. The van der Waals surface area contributed by atoms with Gasteiger partial charge in [-0.15, -0.1) is 0 Å². The van der Waals surface area contributed by atoms with Gasteiger partial charge in [0.25, 0.3) is 0 Å². The minimum Gasteiger partial charge on any atom is -0.342 e. The van der Waals surface area contributed by atoms with Crippen molar-refractivity contribution in [1.82, 2.24) is 4.90 Å². The highest BCUT2D eigenvalue weighted by Gasteiger charge is 2.23. The second kappa shape index (κ2) is 4.64. The first-order valence-corrected chi connectivity index (χ1v) is 5.44. The normalized spacial score (nSPS) is 25.8. The lowest BCUT2D eigenvalue weighted by Crippen LogP contribution is -2.41. The van der Waals surface area contributed by atoms with Gasteiger partial charge in [0, 0.05) is 19.0 Å². The number of hydrogen-bond donors (Lipinski definition) is 0. The fourth-order valence-electron chi connectivity index (χ4n) is 1.88. The van der Waals surface area contributed by atoms with Crippen molar-refractivity contribution in [3.05, 3.63) is 0 Å². The molecule has 1 aliphatic heterocycles. The third-order valence-electron chi connectivity index (χ3n) is 3.00. The van der Waals surface area contributed by atoms with E-state index in [1.165, 1.54) is 12.8 Å². The summed E-state index contributed by atoms with van der Waals surface area (Å²) in [6.45, 7) is 8.30. The molecule has 0 bridgehead atoms. The Bertz CT molecular complexity index is 179. The van der Waals surface area contributed by atoms with E-state index in [1.54, 1.807) is 0 Å². The molecule has 1 heterocycles. The average Bonchev–Trinajstić information content (AvgIpc) is 2.15. The molecule has 1 unspecified atom stereocenters. The van der Waals surface area contributed by atoms with Crippen LogP contribution in [-0.4, -0.2) is 23.9 Å². The Balaban J connectivity index is 2.46. The second-order valence-electron chi connectivity index (χ2n) is 4.34. The third kappa shape index (κ3) is 2.71. The van der Waals surface area contributed by atoms with Crippen molar-refractivity contribution in [3.8, 4) is 0 Å². The Labute approximate surface area is 81.3 Å². The topological polar surface area (TPSA) is 20.3 Å². The van der Waals surface area contributed by atoms with Crippen LogP contribution in [0.2, 0.25) is 0 Å². The predicted molar refractivity (Wildman–Crippen MR) is 54.4 cm³/mol. The monoisotopic (exact) mass is 183 g/mol. The molecule has 0 aromatic carbocycles. The van der Waals surface area contributed by atoms with E-state index in [4.69, 9.17) is 0 Å². The molecule has 2 atom stereocenters. The van der Waals surface area contributed by atoms with Gasteiger partial charge >= 0.3 is 0 Å². The molecule has 0 aliphatic carbocycles. The predicted octanol–water partition coefficient (Wildman–Crippen LogP) is 2.29. The zero-order valence-electron chi connectivity index (χ0n) is 9.05. The summed E-state index contributed by atoms with van der Waals surface area (Å²) in [6.07, 6.45) is 3.43. The number of piperidine rings is 1. The van der Waals surface area contributed by atoms with Gasteiger partial charge in [-0.05, 0) is 25.2 Å². The zero-order chi connectivity index (χ0) is 9.84. The molecule has 0 radical (unpaired) electrons. The molecule has 1 rings (SSSR count). The van der Waals surface area contributed by atoms with E-state index in [-0.39, 0.29) is 5.92 Å². The van der Waals surface area contributed by atoms with Crippen molar-refractivity contribution in [2.45, 2.75) is 40.0 Å². The molecule has 1 amide bonds. The number of carbonyl (C=O) groups excluding carboxylic acids is 1.